The Balaban J connectivity index is 2.43. The minimum Gasteiger partial charge on any atom is -0.366 e. The van der Waals surface area contributed by atoms with Gasteiger partial charge in [-0.25, -0.2) is 0 Å². The van der Waals surface area contributed by atoms with E-state index in [4.69, 9.17) is 4.74 Å². The standard InChI is InChI=1S/C10H10O2/c11-7-10-9-4-2-1-3-8(9)5-6-12-10/h1-4,7,10H,5-6H2/t10-/m1/s1. The predicted octanol–water partition coefficient (Wildman–Crippen LogP) is 1.50. The molecular formula is C10H10O2. The van der Waals surface area contributed by atoms with Gasteiger partial charge in [-0.1, -0.05) is 24.3 Å². The first-order valence-electron chi connectivity index (χ1n) is 4.06. The fourth-order valence-electron chi connectivity index (χ4n) is 1.54. The van der Waals surface area contributed by atoms with Crippen molar-refractivity contribution in [1.29, 1.82) is 0 Å². The number of aldehydes is 1. The third-order valence-corrected chi connectivity index (χ3v) is 2.15. The predicted molar refractivity (Wildman–Crippen MR) is 44.9 cm³/mol. The molecule has 2 nitrogen and oxygen atoms in total. The van der Waals surface area contributed by atoms with Crippen LogP contribution in [0.25, 0.3) is 0 Å². The van der Waals surface area contributed by atoms with Crippen molar-refractivity contribution in [2.75, 3.05) is 6.61 Å². The molecule has 0 saturated heterocycles. The lowest BCUT2D eigenvalue weighted by Crippen LogP contribution is -2.16. The van der Waals surface area contributed by atoms with E-state index in [1.165, 1.54) is 5.56 Å². The van der Waals surface area contributed by atoms with Gasteiger partial charge in [0.25, 0.3) is 0 Å². The smallest absolute Gasteiger partial charge is 0.153 e. The van der Waals surface area contributed by atoms with Crippen molar-refractivity contribution < 1.29 is 9.53 Å². The first kappa shape index (κ1) is 7.50. The van der Waals surface area contributed by atoms with E-state index in [-0.39, 0.29) is 6.10 Å². The normalized spacial score (nSPS) is 21.5. The summed E-state index contributed by atoms with van der Waals surface area (Å²) in [7, 11) is 0. The highest BCUT2D eigenvalue weighted by Gasteiger charge is 2.18. The lowest BCUT2D eigenvalue weighted by Gasteiger charge is -2.21. The van der Waals surface area contributed by atoms with Crippen molar-refractivity contribution in [3.63, 3.8) is 0 Å². The summed E-state index contributed by atoms with van der Waals surface area (Å²) < 4.78 is 5.29. The average molecular weight is 162 g/mol. The Labute approximate surface area is 71.2 Å². The first-order chi connectivity index (χ1) is 5.92. The van der Waals surface area contributed by atoms with Gasteiger partial charge in [0.1, 0.15) is 6.10 Å². The molecule has 1 aromatic carbocycles. The SMILES string of the molecule is O=C[C@H]1OCCc2ccccc21. The summed E-state index contributed by atoms with van der Waals surface area (Å²) in [5, 5.41) is 0. The van der Waals surface area contributed by atoms with E-state index in [0.717, 1.165) is 18.3 Å². The summed E-state index contributed by atoms with van der Waals surface area (Å²) in [5.41, 5.74) is 2.26. The second-order valence-electron chi connectivity index (χ2n) is 2.88. The monoisotopic (exact) mass is 162 g/mol. The molecule has 0 fully saturated rings. The minimum absolute atomic E-state index is 0.338. The molecule has 12 heavy (non-hydrogen) atoms. The topological polar surface area (TPSA) is 26.3 Å². The van der Waals surface area contributed by atoms with Crippen LogP contribution in [0.2, 0.25) is 0 Å². The van der Waals surface area contributed by atoms with E-state index in [1.54, 1.807) is 0 Å². The first-order valence-corrected chi connectivity index (χ1v) is 4.06. The third-order valence-electron chi connectivity index (χ3n) is 2.15. The van der Waals surface area contributed by atoms with Crippen LogP contribution >= 0.6 is 0 Å². The molecule has 0 aromatic heterocycles. The summed E-state index contributed by atoms with van der Waals surface area (Å²) in [6.45, 7) is 0.653. The molecule has 0 unspecified atom stereocenters. The quantitative estimate of drug-likeness (QED) is 0.585. The molecule has 0 N–H and O–H groups in total. The molecule has 0 aliphatic carbocycles. The molecule has 1 heterocycles. The molecule has 0 spiro atoms. The van der Waals surface area contributed by atoms with E-state index in [9.17, 15) is 4.79 Å². The molecule has 2 rings (SSSR count). The maximum atomic E-state index is 10.6. The van der Waals surface area contributed by atoms with Gasteiger partial charge in [-0.2, -0.15) is 0 Å². The molecule has 62 valence electrons. The summed E-state index contributed by atoms with van der Waals surface area (Å²) in [6, 6.07) is 7.93. The van der Waals surface area contributed by atoms with Gasteiger partial charge < -0.3 is 9.53 Å². The Morgan fingerprint density at radius 3 is 3.08 bits per heavy atom. The zero-order chi connectivity index (χ0) is 8.39. The van der Waals surface area contributed by atoms with Gasteiger partial charge in [0, 0.05) is 0 Å². The highest BCUT2D eigenvalue weighted by Crippen LogP contribution is 2.24. The second-order valence-corrected chi connectivity index (χ2v) is 2.88. The van der Waals surface area contributed by atoms with E-state index < -0.39 is 0 Å². The fourth-order valence-corrected chi connectivity index (χ4v) is 1.54. The Morgan fingerprint density at radius 2 is 2.25 bits per heavy atom. The van der Waals surface area contributed by atoms with Crippen molar-refractivity contribution in [2.45, 2.75) is 12.5 Å². The van der Waals surface area contributed by atoms with Gasteiger partial charge in [0.05, 0.1) is 6.61 Å². The number of hydrogen-bond acceptors (Lipinski definition) is 2. The van der Waals surface area contributed by atoms with Crippen LogP contribution in [0.5, 0.6) is 0 Å². The Bertz CT molecular complexity index is 294. The number of carbonyl (C=O) groups excluding carboxylic acids is 1. The van der Waals surface area contributed by atoms with Gasteiger partial charge in [0.15, 0.2) is 6.29 Å². The second kappa shape index (κ2) is 3.07. The van der Waals surface area contributed by atoms with Crippen LogP contribution in [0.15, 0.2) is 24.3 Å². The summed E-state index contributed by atoms with van der Waals surface area (Å²) in [4.78, 5) is 10.6. The van der Waals surface area contributed by atoms with Crippen LogP contribution in [0.4, 0.5) is 0 Å². The molecule has 0 radical (unpaired) electrons. The van der Waals surface area contributed by atoms with E-state index >= 15 is 0 Å². The van der Waals surface area contributed by atoms with Crippen LogP contribution in [-0.2, 0) is 16.0 Å². The van der Waals surface area contributed by atoms with Gasteiger partial charge in [-0.15, -0.1) is 0 Å². The molecule has 1 aromatic rings. The van der Waals surface area contributed by atoms with Crippen molar-refractivity contribution >= 4 is 6.29 Å². The molecule has 1 aliphatic rings. The number of hydrogen-bond donors (Lipinski definition) is 0. The molecule has 0 amide bonds. The number of fused-ring (bicyclic) bond motifs is 1. The van der Waals surface area contributed by atoms with Crippen molar-refractivity contribution in [3.8, 4) is 0 Å². The van der Waals surface area contributed by atoms with Crippen LogP contribution in [0.3, 0.4) is 0 Å². The van der Waals surface area contributed by atoms with Crippen molar-refractivity contribution in [2.24, 2.45) is 0 Å². The summed E-state index contributed by atoms with van der Waals surface area (Å²) in [6.07, 6.45) is 1.44. The Hall–Kier alpha value is -1.15. The number of benzene rings is 1. The zero-order valence-electron chi connectivity index (χ0n) is 6.69. The van der Waals surface area contributed by atoms with Gasteiger partial charge in [-0.3, -0.25) is 0 Å². The molecular weight excluding hydrogens is 152 g/mol. The van der Waals surface area contributed by atoms with Gasteiger partial charge in [0.2, 0.25) is 0 Å². The number of carbonyl (C=O) groups is 1. The minimum atomic E-state index is -0.338. The van der Waals surface area contributed by atoms with Crippen LogP contribution in [0.1, 0.15) is 17.2 Å². The maximum absolute atomic E-state index is 10.6. The summed E-state index contributed by atoms with van der Waals surface area (Å²) in [5.74, 6) is 0. The van der Waals surface area contributed by atoms with Gasteiger partial charge in [-0.05, 0) is 17.5 Å². The molecule has 0 saturated carbocycles. The van der Waals surface area contributed by atoms with Crippen molar-refractivity contribution in [3.05, 3.63) is 35.4 Å². The van der Waals surface area contributed by atoms with E-state index in [2.05, 4.69) is 0 Å². The summed E-state index contributed by atoms with van der Waals surface area (Å²) >= 11 is 0. The molecule has 1 atom stereocenters. The van der Waals surface area contributed by atoms with E-state index in [1.807, 2.05) is 24.3 Å². The highest BCUT2D eigenvalue weighted by molar-refractivity contribution is 5.61. The largest absolute Gasteiger partial charge is 0.366 e. The lowest BCUT2D eigenvalue weighted by atomic mass is 9.98. The molecule has 0 bridgehead atoms. The molecule has 2 heteroatoms. The molecule has 1 aliphatic heterocycles. The van der Waals surface area contributed by atoms with Crippen molar-refractivity contribution in [1.82, 2.24) is 0 Å². The maximum Gasteiger partial charge on any atom is 0.153 e. The average Bonchev–Trinajstić information content (AvgIpc) is 2.17. The van der Waals surface area contributed by atoms with E-state index in [0.29, 0.717) is 6.61 Å². The Kier molecular flexibility index (Phi) is 1.92. The number of ether oxygens (including phenoxy) is 1. The van der Waals surface area contributed by atoms with Crippen LogP contribution < -0.4 is 0 Å². The lowest BCUT2D eigenvalue weighted by molar-refractivity contribution is -0.119. The van der Waals surface area contributed by atoms with Gasteiger partial charge >= 0.3 is 0 Å². The zero-order valence-corrected chi connectivity index (χ0v) is 6.69. The fraction of sp³-hybridized carbons (Fsp3) is 0.300. The number of rotatable bonds is 1. The Morgan fingerprint density at radius 1 is 1.42 bits per heavy atom. The highest BCUT2D eigenvalue weighted by atomic mass is 16.5. The van der Waals surface area contributed by atoms with Crippen LogP contribution in [-0.4, -0.2) is 12.9 Å². The third kappa shape index (κ3) is 1.14. The van der Waals surface area contributed by atoms with Crippen LogP contribution in [0, 0.1) is 0 Å².